The van der Waals surface area contributed by atoms with Crippen molar-refractivity contribution in [1.82, 2.24) is 0 Å². The van der Waals surface area contributed by atoms with Crippen molar-refractivity contribution >= 4 is 11.9 Å². The zero-order chi connectivity index (χ0) is 18.2. The van der Waals surface area contributed by atoms with E-state index in [1.54, 1.807) is 45.2 Å². The molecule has 2 aromatic rings. The Morgan fingerprint density at radius 2 is 1.88 bits per heavy atom. The fourth-order valence-electron chi connectivity index (χ4n) is 2.27. The van der Waals surface area contributed by atoms with E-state index < -0.39 is 0 Å². The standard InChI is InChI=1S/C21H21NO3/c1-15(2)21(23)18(13-22)11-17-9-10-19(24-3)20(12-17)25-14-16-7-5-4-6-8-16/h4-12,15H,14H2,1-3H3. The van der Waals surface area contributed by atoms with Crippen LogP contribution in [0.3, 0.4) is 0 Å². The van der Waals surface area contributed by atoms with Gasteiger partial charge in [0.25, 0.3) is 0 Å². The highest BCUT2D eigenvalue weighted by Crippen LogP contribution is 2.30. The molecule has 4 nitrogen and oxygen atoms in total. The van der Waals surface area contributed by atoms with E-state index >= 15 is 0 Å². The number of methoxy groups -OCH3 is 1. The minimum atomic E-state index is -0.224. The highest BCUT2D eigenvalue weighted by molar-refractivity contribution is 6.04. The molecule has 0 aliphatic rings. The Labute approximate surface area is 148 Å². The van der Waals surface area contributed by atoms with Gasteiger partial charge in [0.15, 0.2) is 17.3 Å². The van der Waals surface area contributed by atoms with E-state index in [9.17, 15) is 10.1 Å². The van der Waals surface area contributed by atoms with Crippen LogP contribution in [0, 0.1) is 17.2 Å². The van der Waals surface area contributed by atoms with Gasteiger partial charge in [0, 0.05) is 5.92 Å². The Bertz CT molecular complexity index is 802. The molecule has 0 atom stereocenters. The van der Waals surface area contributed by atoms with Crippen LogP contribution in [0.4, 0.5) is 0 Å². The first-order valence-corrected chi connectivity index (χ1v) is 8.06. The van der Waals surface area contributed by atoms with Crippen molar-refractivity contribution < 1.29 is 14.3 Å². The smallest absolute Gasteiger partial charge is 0.175 e. The predicted octanol–water partition coefficient (Wildman–Crippen LogP) is 4.41. The van der Waals surface area contributed by atoms with Crippen LogP contribution in [0.15, 0.2) is 54.1 Å². The molecule has 25 heavy (non-hydrogen) atoms. The van der Waals surface area contributed by atoms with Crippen LogP contribution in [0.5, 0.6) is 11.5 Å². The zero-order valence-corrected chi connectivity index (χ0v) is 14.7. The second-order valence-corrected chi connectivity index (χ2v) is 5.87. The topological polar surface area (TPSA) is 59.3 Å². The number of rotatable bonds is 7. The van der Waals surface area contributed by atoms with Crippen molar-refractivity contribution in [3.05, 3.63) is 65.2 Å². The first-order valence-electron chi connectivity index (χ1n) is 8.06. The second kappa shape index (κ2) is 8.70. The molecule has 0 aliphatic heterocycles. The van der Waals surface area contributed by atoms with Crippen molar-refractivity contribution in [2.75, 3.05) is 7.11 Å². The fourth-order valence-corrected chi connectivity index (χ4v) is 2.27. The largest absolute Gasteiger partial charge is 0.493 e. The van der Waals surface area contributed by atoms with E-state index in [0.29, 0.717) is 18.1 Å². The molecule has 0 bridgehead atoms. The van der Waals surface area contributed by atoms with Gasteiger partial charge in [0.2, 0.25) is 0 Å². The van der Waals surface area contributed by atoms with Gasteiger partial charge in [-0.3, -0.25) is 4.79 Å². The molecule has 0 radical (unpaired) electrons. The number of hydrogen-bond acceptors (Lipinski definition) is 4. The summed E-state index contributed by atoms with van der Waals surface area (Å²) < 4.78 is 11.2. The maximum atomic E-state index is 12.1. The third-order valence-corrected chi connectivity index (χ3v) is 3.65. The molecule has 0 aromatic heterocycles. The van der Waals surface area contributed by atoms with Gasteiger partial charge < -0.3 is 9.47 Å². The molecular formula is C21H21NO3. The lowest BCUT2D eigenvalue weighted by molar-refractivity contribution is -0.117. The van der Waals surface area contributed by atoms with E-state index in [0.717, 1.165) is 11.1 Å². The molecule has 0 saturated heterocycles. The van der Waals surface area contributed by atoms with Gasteiger partial charge in [-0.2, -0.15) is 5.26 Å². The maximum absolute atomic E-state index is 12.1. The van der Waals surface area contributed by atoms with Gasteiger partial charge >= 0.3 is 0 Å². The van der Waals surface area contributed by atoms with Crippen LogP contribution in [0.2, 0.25) is 0 Å². The van der Waals surface area contributed by atoms with E-state index in [-0.39, 0.29) is 17.3 Å². The van der Waals surface area contributed by atoms with Gasteiger partial charge in [0.1, 0.15) is 12.7 Å². The summed E-state index contributed by atoms with van der Waals surface area (Å²) in [6.45, 7) is 3.95. The second-order valence-electron chi connectivity index (χ2n) is 5.87. The normalized spacial score (nSPS) is 11.1. The van der Waals surface area contributed by atoms with E-state index in [1.165, 1.54) is 0 Å². The number of ketones is 1. The van der Waals surface area contributed by atoms with E-state index in [4.69, 9.17) is 9.47 Å². The summed E-state index contributed by atoms with van der Waals surface area (Å²) >= 11 is 0. The number of ether oxygens (including phenoxy) is 2. The minimum Gasteiger partial charge on any atom is -0.493 e. The summed E-state index contributed by atoms with van der Waals surface area (Å²) in [5, 5.41) is 9.23. The lowest BCUT2D eigenvalue weighted by Gasteiger charge is -2.12. The molecule has 0 fully saturated rings. The minimum absolute atomic E-state index is 0.133. The van der Waals surface area contributed by atoms with Crippen molar-refractivity contribution in [2.24, 2.45) is 5.92 Å². The molecule has 0 spiro atoms. The Hall–Kier alpha value is -3.06. The highest BCUT2D eigenvalue weighted by Gasteiger charge is 2.14. The van der Waals surface area contributed by atoms with Crippen molar-refractivity contribution in [2.45, 2.75) is 20.5 Å². The maximum Gasteiger partial charge on any atom is 0.175 e. The molecular weight excluding hydrogens is 314 g/mol. The van der Waals surface area contributed by atoms with Gasteiger partial charge in [-0.1, -0.05) is 50.2 Å². The summed E-state index contributed by atoms with van der Waals surface area (Å²) in [7, 11) is 1.57. The molecule has 0 N–H and O–H groups in total. The number of Topliss-reactive ketones (excluding diaryl/α,β-unsaturated/α-hetero) is 1. The lowest BCUT2D eigenvalue weighted by Crippen LogP contribution is -2.08. The van der Waals surface area contributed by atoms with Crippen LogP contribution in [0.25, 0.3) is 6.08 Å². The van der Waals surface area contributed by atoms with E-state index in [2.05, 4.69) is 0 Å². The number of carbonyl (C=O) groups is 1. The molecule has 0 heterocycles. The zero-order valence-electron chi connectivity index (χ0n) is 14.7. The molecule has 0 aliphatic carbocycles. The number of allylic oxidation sites excluding steroid dienone is 1. The van der Waals surface area contributed by atoms with Crippen LogP contribution in [0.1, 0.15) is 25.0 Å². The average Bonchev–Trinajstić information content (AvgIpc) is 2.64. The van der Waals surface area contributed by atoms with Gasteiger partial charge in [0.05, 0.1) is 12.7 Å². The summed E-state index contributed by atoms with van der Waals surface area (Å²) in [5.74, 6) is 0.763. The first-order chi connectivity index (χ1) is 12.0. The van der Waals surface area contributed by atoms with Crippen molar-refractivity contribution in [1.29, 1.82) is 5.26 Å². The summed E-state index contributed by atoms with van der Waals surface area (Å²) in [4.78, 5) is 12.1. The summed E-state index contributed by atoms with van der Waals surface area (Å²) in [6.07, 6.45) is 1.58. The average molecular weight is 335 g/mol. The molecule has 4 heteroatoms. The van der Waals surface area contributed by atoms with Gasteiger partial charge in [-0.05, 0) is 29.3 Å². The molecule has 0 unspecified atom stereocenters. The molecule has 0 saturated carbocycles. The molecule has 2 rings (SSSR count). The number of nitrogens with zero attached hydrogens (tertiary/aromatic N) is 1. The first kappa shape index (κ1) is 18.3. The van der Waals surface area contributed by atoms with E-state index in [1.807, 2.05) is 36.4 Å². The van der Waals surface area contributed by atoms with Crippen LogP contribution < -0.4 is 9.47 Å². The SMILES string of the molecule is COc1ccc(C=C(C#N)C(=O)C(C)C)cc1OCc1ccccc1. The third-order valence-electron chi connectivity index (χ3n) is 3.65. The Morgan fingerprint density at radius 1 is 1.16 bits per heavy atom. The molecule has 2 aromatic carbocycles. The summed E-state index contributed by atoms with van der Waals surface area (Å²) in [6, 6.07) is 17.1. The Kier molecular flexibility index (Phi) is 6.36. The highest BCUT2D eigenvalue weighted by atomic mass is 16.5. The van der Waals surface area contributed by atoms with Gasteiger partial charge in [-0.25, -0.2) is 0 Å². The fraction of sp³-hybridized carbons (Fsp3) is 0.238. The third kappa shape index (κ3) is 4.95. The molecule has 128 valence electrons. The number of benzene rings is 2. The van der Waals surface area contributed by atoms with Crippen LogP contribution in [-0.4, -0.2) is 12.9 Å². The van der Waals surface area contributed by atoms with Crippen LogP contribution >= 0.6 is 0 Å². The Balaban J connectivity index is 2.27. The van der Waals surface area contributed by atoms with Gasteiger partial charge in [-0.15, -0.1) is 0 Å². The monoisotopic (exact) mass is 335 g/mol. The quantitative estimate of drug-likeness (QED) is 0.555. The van der Waals surface area contributed by atoms with Crippen LogP contribution in [-0.2, 0) is 11.4 Å². The van der Waals surface area contributed by atoms with Crippen molar-refractivity contribution in [3.63, 3.8) is 0 Å². The number of hydrogen-bond donors (Lipinski definition) is 0. The number of carbonyl (C=O) groups excluding carboxylic acids is 1. The predicted molar refractivity (Wildman–Crippen MR) is 97.2 cm³/mol. The van der Waals surface area contributed by atoms with Crippen molar-refractivity contribution in [3.8, 4) is 17.6 Å². The lowest BCUT2D eigenvalue weighted by atomic mass is 10.00. The Morgan fingerprint density at radius 3 is 2.48 bits per heavy atom. The number of nitriles is 1. The summed E-state index contributed by atoms with van der Waals surface area (Å²) in [5.41, 5.74) is 1.89. The molecule has 0 amide bonds.